The number of amides is 8. The van der Waals surface area contributed by atoms with Gasteiger partial charge in [-0.2, -0.15) is 20.4 Å². The fourth-order valence-electron chi connectivity index (χ4n) is 9.90. The number of halogens is 4. The van der Waals surface area contributed by atoms with Crippen molar-refractivity contribution in [3.8, 4) is 46.0 Å². The number of hydrogen-bond donors (Lipinski definition) is 12. The molecular weight excluding hydrogens is 1510 g/mol. The zero-order chi connectivity index (χ0) is 79.7. The molecule has 0 aliphatic carbocycles. The van der Waals surface area contributed by atoms with Crippen LogP contribution in [0.25, 0.3) is 36.5 Å². The third-order valence-electron chi connectivity index (χ3n) is 15.4. The summed E-state index contributed by atoms with van der Waals surface area (Å²) in [6, 6.07) is 56.4. The number of phenolic OH excluding ortho intramolecular Hbond substituents is 4. The van der Waals surface area contributed by atoms with E-state index < -0.39 is 47.4 Å². The molecule has 24 nitrogen and oxygen atoms in total. The Kier molecular flexibility index (Phi) is 31.5. The van der Waals surface area contributed by atoms with E-state index in [2.05, 4.69) is 63.4 Å². The van der Waals surface area contributed by atoms with Gasteiger partial charge in [0.25, 0.3) is 0 Å². The van der Waals surface area contributed by atoms with Gasteiger partial charge in [-0.1, -0.05) is 133 Å². The number of ether oxygens (including phenoxy) is 4. The van der Waals surface area contributed by atoms with E-state index in [0.29, 0.717) is 45.0 Å². The number of para-hydroxylation sites is 4. The number of allylic oxidation sites excluding steroid dienone is 6. The van der Waals surface area contributed by atoms with Crippen molar-refractivity contribution in [1.82, 2.24) is 21.7 Å². The Balaban J connectivity index is 0.000000281. The predicted octanol–water partition coefficient (Wildman–Crippen LogP) is 17.1. The van der Waals surface area contributed by atoms with Crippen molar-refractivity contribution in [3.63, 3.8) is 0 Å². The number of phenols is 4. The number of rotatable bonds is 26. The topological polar surface area (TPSA) is 332 Å². The fraction of sp³-hybridized carbons (Fsp3) is 0.0476. The fourth-order valence-corrected chi connectivity index (χ4v) is 9.90. The normalized spacial score (nSPS) is 11.5. The van der Waals surface area contributed by atoms with E-state index in [1.807, 2.05) is 0 Å². The first-order chi connectivity index (χ1) is 54.2. The van der Waals surface area contributed by atoms with E-state index in [4.69, 9.17) is 18.9 Å². The van der Waals surface area contributed by atoms with Crippen molar-refractivity contribution >= 4 is 106 Å². The van der Waals surface area contributed by atoms with Gasteiger partial charge in [0.05, 0.1) is 51.3 Å². The van der Waals surface area contributed by atoms with Gasteiger partial charge in [0.1, 0.15) is 0 Å². The molecule has 0 fully saturated rings. The average Bonchev–Trinajstić information content (AvgIpc) is 0.831. The summed E-state index contributed by atoms with van der Waals surface area (Å²) >= 11 is 0. The number of carbonyl (C=O) groups excluding carboxylic acids is 4. The van der Waals surface area contributed by atoms with Gasteiger partial charge in [0, 0.05) is 51.0 Å². The molecule has 0 atom stereocenters. The number of hydrazone groups is 4. The van der Waals surface area contributed by atoms with Crippen LogP contribution in [0.1, 0.15) is 33.4 Å². The van der Waals surface area contributed by atoms with Crippen LogP contribution >= 0.6 is 0 Å². The zero-order valence-electron chi connectivity index (χ0n) is 60.4. The van der Waals surface area contributed by atoms with Gasteiger partial charge < -0.3 is 60.6 Å². The molecule has 0 heterocycles. The smallest absolute Gasteiger partial charge is 0.339 e. The predicted molar refractivity (Wildman–Crippen MR) is 428 cm³/mol. The second-order valence-electron chi connectivity index (χ2n) is 23.2. The molecule has 10 rings (SSSR count). The van der Waals surface area contributed by atoms with Crippen LogP contribution in [0, 0.1) is 23.3 Å². The maximum absolute atomic E-state index is 14.6. The van der Waals surface area contributed by atoms with Gasteiger partial charge in [0.2, 0.25) is 0 Å². The summed E-state index contributed by atoms with van der Waals surface area (Å²) in [5.74, 6) is -4.05. The van der Waals surface area contributed by atoms with Crippen molar-refractivity contribution in [2.45, 2.75) is 0 Å². The van der Waals surface area contributed by atoms with Gasteiger partial charge in [-0.05, 0) is 191 Å². The quantitative estimate of drug-likeness (QED) is 0.0104. The Bertz CT molecular complexity index is 4730. The average molecular weight is 1580 g/mol. The molecule has 1 radical (unpaired) electrons. The first kappa shape index (κ1) is 83.7. The van der Waals surface area contributed by atoms with Crippen molar-refractivity contribution in [2.24, 2.45) is 20.4 Å². The number of methoxy groups -OCH3 is 4. The molecule has 0 aliphatic rings. The standard InChI is InChI=1S/2C42H36F2N6O6.Cu/c2*1-55-39-25-27(16-21-37(39)51)14-19-35(47-49-41(53)45-30-9-5-3-6-10-30)32(23-29-13-18-33(43)34(44)24-29)36(20-15-28-17-22-38(52)40(26-28)56-2)48-50-42(54)46-31-11-7-4-8-12-31;/h2*3-26,51-52H,1-2H3,(H2,45,49,53)(H2,46,50,54);/b19-14+,20-15+,47-35+,48-36+;19-14+,20-15+,32-23?,47-35?,48-36?;. The van der Waals surface area contributed by atoms with E-state index >= 15 is 0 Å². The maximum atomic E-state index is 14.6. The van der Waals surface area contributed by atoms with Crippen LogP contribution in [0.5, 0.6) is 46.0 Å². The number of hydrogen-bond acceptors (Lipinski definition) is 16. The van der Waals surface area contributed by atoms with Gasteiger partial charge in [-0.3, -0.25) is 0 Å². The molecule has 113 heavy (non-hydrogen) atoms. The second-order valence-corrected chi connectivity index (χ2v) is 23.2. The minimum atomic E-state index is -1.13. The Hall–Kier alpha value is -15.0. The van der Waals surface area contributed by atoms with Gasteiger partial charge >= 0.3 is 24.1 Å². The number of urea groups is 4. The van der Waals surface area contributed by atoms with Crippen molar-refractivity contribution in [2.75, 3.05) is 49.7 Å². The summed E-state index contributed by atoms with van der Waals surface area (Å²) < 4.78 is 78.4. The van der Waals surface area contributed by atoms with Gasteiger partial charge in [0.15, 0.2) is 69.3 Å². The van der Waals surface area contributed by atoms with Crippen LogP contribution in [0.4, 0.5) is 59.5 Å². The van der Waals surface area contributed by atoms with Crippen molar-refractivity contribution in [1.29, 1.82) is 0 Å². The monoisotopic (exact) mass is 1580 g/mol. The number of anilines is 4. The summed E-state index contributed by atoms with van der Waals surface area (Å²) in [5, 5.41) is 68.9. The SMILES string of the molecule is COc1cc(/C=C/C(=NNC(=O)Nc2ccccc2)C(=Cc2ccc(F)c(F)c2)C(/C=C/c2ccc(O)c(OC)c2)=NNC(=O)Nc2ccccc2)ccc1O.COc1cc(/C=C/C(=N\NC(=O)Nc2ccccc2)C(=Cc2ccc(F)c(F)c2)C(/C=C/c2ccc(O)c(OC)c2)=N/NC(=O)Nc2ccccc2)ccc1O.[Cu]. The van der Waals surface area contributed by atoms with E-state index in [0.717, 1.165) is 24.3 Å². The molecule has 10 aromatic rings. The second kappa shape index (κ2) is 42.5. The Morgan fingerprint density at radius 1 is 0.301 bits per heavy atom. The van der Waals surface area contributed by atoms with Crippen LogP contribution in [-0.2, 0) is 17.1 Å². The minimum absolute atomic E-state index is 0. The van der Waals surface area contributed by atoms with Crippen LogP contribution in [0.3, 0.4) is 0 Å². The van der Waals surface area contributed by atoms with Crippen molar-refractivity contribution < 1.29 is 93.2 Å². The molecule has 29 heteroatoms. The summed E-state index contributed by atoms with van der Waals surface area (Å²) in [5.41, 5.74) is 14.5. The molecule has 8 amide bonds. The van der Waals surface area contributed by atoms with E-state index in [-0.39, 0.29) is 108 Å². The van der Waals surface area contributed by atoms with Gasteiger partial charge in [-0.25, -0.2) is 58.4 Å². The van der Waals surface area contributed by atoms with E-state index in [1.54, 1.807) is 194 Å². The first-order valence-corrected chi connectivity index (χ1v) is 33.6. The number of aromatic hydroxyl groups is 4. The number of benzene rings is 10. The Morgan fingerprint density at radius 3 is 0.735 bits per heavy atom. The molecule has 0 saturated carbocycles. The molecular formula is C84H72CuF4N12O12. The molecule has 0 bridgehead atoms. The molecule has 0 unspecified atom stereocenters. The first-order valence-electron chi connectivity index (χ1n) is 33.6. The zero-order valence-corrected chi connectivity index (χ0v) is 61.3. The number of nitrogens with one attached hydrogen (secondary N) is 8. The summed E-state index contributed by atoms with van der Waals surface area (Å²) in [7, 11) is 5.58. The Morgan fingerprint density at radius 2 is 0.522 bits per heavy atom. The van der Waals surface area contributed by atoms with Gasteiger partial charge in [-0.15, -0.1) is 0 Å². The molecule has 0 spiro atoms. The van der Waals surface area contributed by atoms with Crippen LogP contribution in [0.15, 0.2) is 286 Å². The molecule has 0 aliphatic heterocycles. The van der Waals surface area contributed by atoms with Crippen molar-refractivity contribution in [3.05, 3.63) is 323 Å². The third-order valence-corrected chi connectivity index (χ3v) is 15.4. The number of nitrogens with zero attached hydrogens (tertiary/aromatic N) is 4. The van der Waals surface area contributed by atoms with E-state index in [1.165, 1.54) is 101 Å². The molecule has 12 N–H and O–H groups in total. The maximum Gasteiger partial charge on any atom is 0.339 e. The van der Waals surface area contributed by atoms with Crippen LogP contribution in [-0.4, -0.2) is 95.8 Å². The van der Waals surface area contributed by atoms with Crippen LogP contribution in [0.2, 0.25) is 0 Å². The Labute approximate surface area is 656 Å². The summed E-state index contributed by atoms with van der Waals surface area (Å²) in [4.78, 5) is 52.3. The largest absolute Gasteiger partial charge is 0.504 e. The summed E-state index contributed by atoms with van der Waals surface area (Å²) in [6.45, 7) is 0. The van der Waals surface area contributed by atoms with E-state index in [9.17, 15) is 57.2 Å². The third kappa shape index (κ3) is 26.2. The van der Waals surface area contributed by atoms with Crippen LogP contribution < -0.4 is 61.9 Å². The minimum Gasteiger partial charge on any atom is -0.504 e. The summed E-state index contributed by atoms with van der Waals surface area (Å²) in [6.07, 6.45) is 15.2. The molecule has 0 saturated heterocycles. The molecule has 0 aromatic heterocycles. The number of carbonyl (C=O) groups is 4. The molecule has 579 valence electrons. The molecule has 10 aromatic carbocycles.